The number of ether oxygens (including phenoxy) is 1. The fraction of sp³-hybridized carbons (Fsp3) is 0.783. The molecule has 7 heteroatoms. The molecule has 0 rings (SSSR count). The van der Waals surface area contributed by atoms with E-state index in [1.165, 1.54) is 0 Å². The molecule has 0 aliphatic heterocycles. The van der Waals surface area contributed by atoms with Gasteiger partial charge in [-0.3, -0.25) is 14.5 Å². The molecule has 0 saturated heterocycles. The Morgan fingerprint density at radius 1 is 1.03 bits per heavy atom. The Bertz CT molecular complexity index is 645. The van der Waals surface area contributed by atoms with Crippen LogP contribution in [0.4, 0.5) is 0 Å². The van der Waals surface area contributed by atoms with Crippen molar-refractivity contribution < 1.29 is 19.1 Å². The van der Waals surface area contributed by atoms with Gasteiger partial charge in [-0.2, -0.15) is 0 Å². The van der Waals surface area contributed by atoms with E-state index in [0.29, 0.717) is 12.2 Å². The number of amides is 2. The summed E-state index contributed by atoms with van der Waals surface area (Å²) < 4.78 is 5.07. The van der Waals surface area contributed by atoms with Crippen LogP contribution in [0.3, 0.4) is 0 Å². The van der Waals surface area contributed by atoms with Gasteiger partial charge in [-0.25, -0.2) is 4.79 Å². The summed E-state index contributed by atoms with van der Waals surface area (Å²) in [5.74, 6) is -0.735. The number of hydrogen-bond donors (Lipinski definition) is 1. The third-order valence-electron chi connectivity index (χ3n) is 5.56. The molecule has 1 N–H and O–H groups in total. The summed E-state index contributed by atoms with van der Waals surface area (Å²) in [5, 5.41) is 2.97. The Morgan fingerprint density at radius 2 is 1.53 bits per heavy atom. The van der Waals surface area contributed by atoms with Gasteiger partial charge in [-0.1, -0.05) is 40.7 Å². The fourth-order valence-corrected chi connectivity index (χ4v) is 2.83. The molecule has 0 radical (unpaired) electrons. The molecule has 0 heterocycles. The Morgan fingerprint density at radius 3 is 1.90 bits per heavy atom. The second-order valence-corrected chi connectivity index (χ2v) is 9.98. The van der Waals surface area contributed by atoms with Gasteiger partial charge in [0, 0.05) is 12.6 Å². The summed E-state index contributed by atoms with van der Waals surface area (Å²) in [5.41, 5.74) is -0.800. The van der Waals surface area contributed by atoms with Gasteiger partial charge in [0.2, 0.25) is 11.8 Å². The highest BCUT2D eigenvalue weighted by atomic mass is 16.5. The van der Waals surface area contributed by atoms with Crippen molar-refractivity contribution >= 4 is 17.8 Å². The Labute approximate surface area is 183 Å². The van der Waals surface area contributed by atoms with E-state index in [2.05, 4.69) is 5.32 Å². The predicted octanol–water partition coefficient (Wildman–Crippen LogP) is 2.85. The molecule has 2 unspecified atom stereocenters. The van der Waals surface area contributed by atoms with Gasteiger partial charge in [-0.15, -0.1) is 0 Å². The van der Waals surface area contributed by atoms with Crippen LogP contribution in [0.25, 0.3) is 0 Å². The van der Waals surface area contributed by atoms with E-state index in [0.717, 1.165) is 0 Å². The molecule has 2 atom stereocenters. The average molecular weight is 426 g/mol. The van der Waals surface area contributed by atoms with Gasteiger partial charge in [0.25, 0.3) is 0 Å². The second kappa shape index (κ2) is 10.9. The molecule has 0 aliphatic carbocycles. The van der Waals surface area contributed by atoms with E-state index < -0.39 is 23.0 Å². The first-order chi connectivity index (χ1) is 13.5. The number of hydrogen-bond acceptors (Lipinski definition) is 5. The predicted molar refractivity (Wildman–Crippen MR) is 121 cm³/mol. The molecule has 0 saturated carbocycles. The van der Waals surface area contributed by atoms with Crippen molar-refractivity contribution in [1.29, 1.82) is 0 Å². The maximum atomic E-state index is 13.5. The molecule has 0 fully saturated rings. The summed E-state index contributed by atoms with van der Waals surface area (Å²) in [6, 6.07) is -1.03. The SMILES string of the molecule is CCOC(=O)/C(C)=C/C(C(C)C)N(C)C(=O)C(NC(=O)C(C)(C)N(C)C)C(C)(C)C. The lowest BCUT2D eigenvalue weighted by Crippen LogP contribution is -2.61. The van der Waals surface area contributed by atoms with Crippen LogP contribution in [0.1, 0.15) is 62.3 Å². The van der Waals surface area contributed by atoms with Crippen LogP contribution in [0.15, 0.2) is 11.6 Å². The van der Waals surface area contributed by atoms with E-state index in [4.69, 9.17) is 4.74 Å². The minimum Gasteiger partial charge on any atom is -0.463 e. The maximum absolute atomic E-state index is 13.5. The molecule has 7 nitrogen and oxygen atoms in total. The number of carbonyl (C=O) groups is 3. The minimum atomic E-state index is -0.764. The van der Waals surface area contributed by atoms with Gasteiger partial charge < -0.3 is 15.0 Å². The number of rotatable bonds is 9. The van der Waals surface area contributed by atoms with E-state index in [-0.39, 0.29) is 23.8 Å². The molecule has 0 aliphatic rings. The van der Waals surface area contributed by atoms with E-state index >= 15 is 0 Å². The highest BCUT2D eigenvalue weighted by Crippen LogP contribution is 2.25. The summed E-state index contributed by atoms with van der Waals surface area (Å²) in [6.45, 7) is 17.1. The first-order valence-corrected chi connectivity index (χ1v) is 10.6. The van der Waals surface area contributed by atoms with Gasteiger partial charge in [-0.05, 0) is 53.1 Å². The smallest absolute Gasteiger partial charge is 0.333 e. The van der Waals surface area contributed by atoms with Crippen LogP contribution in [0.5, 0.6) is 0 Å². The number of nitrogens with zero attached hydrogens (tertiary/aromatic N) is 2. The zero-order chi connectivity index (χ0) is 24.0. The van der Waals surface area contributed by atoms with Crippen molar-refractivity contribution in [1.82, 2.24) is 15.1 Å². The van der Waals surface area contributed by atoms with Crippen LogP contribution >= 0.6 is 0 Å². The van der Waals surface area contributed by atoms with Crippen LogP contribution in [0.2, 0.25) is 0 Å². The molecule has 2 amide bonds. The molecule has 0 spiro atoms. The monoisotopic (exact) mass is 425 g/mol. The largest absolute Gasteiger partial charge is 0.463 e. The highest BCUT2D eigenvalue weighted by Gasteiger charge is 2.40. The third kappa shape index (κ3) is 7.42. The zero-order valence-corrected chi connectivity index (χ0v) is 21.0. The first-order valence-electron chi connectivity index (χ1n) is 10.6. The van der Waals surface area contributed by atoms with E-state index in [9.17, 15) is 14.4 Å². The van der Waals surface area contributed by atoms with Crippen molar-refractivity contribution in [3.63, 3.8) is 0 Å². The van der Waals surface area contributed by atoms with Gasteiger partial charge in [0.15, 0.2) is 0 Å². The summed E-state index contributed by atoms with van der Waals surface area (Å²) >= 11 is 0. The van der Waals surface area contributed by atoms with Crippen LogP contribution in [0, 0.1) is 11.3 Å². The molecule has 174 valence electrons. The fourth-order valence-electron chi connectivity index (χ4n) is 2.83. The quantitative estimate of drug-likeness (QED) is 0.454. The van der Waals surface area contributed by atoms with E-state index in [1.54, 1.807) is 31.9 Å². The lowest BCUT2D eigenvalue weighted by molar-refractivity contribution is -0.142. The van der Waals surface area contributed by atoms with Crippen molar-refractivity contribution in [3.05, 3.63) is 11.6 Å². The Balaban J connectivity index is 5.89. The first kappa shape index (κ1) is 28.1. The van der Waals surface area contributed by atoms with Crippen LogP contribution in [-0.2, 0) is 19.1 Å². The topological polar surface area (TPSA) is 79.0 Å². The summed E-state index contributed by atoms with van der Waals surface area (Å²) in [4.78, 5) is 41.9. The minimum absolute atomic E-state index is 0.0675. The molecule has 30 heavy (non-hydrogen) atoms. The number of nitrogens with one attached hydrogen (secondary N) is 1. The van der Waals surface area contributed by atoms with Crippen molar-refractivity contribution in [3.8, 4) is 0 Å². The normalized spacial score (nSPS) is 15.1. The zero-order valence-electron chi connectivity index (χ0n) is 21.0. The molecular weight excluding hydrogens is 382 g/mol. The molecule has 0 aromatic rings. The summed E-state index contributed by atoms with van der Waals surface area (Å²) in [7, 11) is 5.37. The maximum Gasteiger partial charge on any atom is 0.333 e. The highest BCUT2D eigenvalue weighted by molar-refractivity contribution is 5.92. The van der Waals surface area contributed by atoms with Crippen LogP contribution < -0.4 is 5.32 Å². The summed E-state index contributed by atoms with van der Waals surface area (Å²) in [6.07, 6.45) is 1.77. The Hall–Kier alpha value is -1.89. The number of carbonyl (C=O) groups excluding carboxylic acids is 3. The van der Waals surface area contributed by atoms with Gasteiger partial charge >= 0.3 is 5.97 Å². The molecular formula is C23H43N3O4. The van der Waals surface area contributed by atoms with Crippen molar-refractivity contribution in [2.24, 2.45) is 11.3 Å². The molecule has 0 aromatic carbocycles. The van der Waals surface area contributed by atoms with Gasteiger partial charge in [0.1, 0.15) is 6.04 Å². The third-order valence-corrected chi connectivity index (χ3v) is 5.56. The standard InChI is InChI=1S/C23H43N3O4/c1-13-30-20(28)16(4)14-17(15(2)3)26(12)19(27)18(22(5,6)7)24-21(29)23(8,9)25(10)11/h14-15,17-18H,13H2,1-12H3,(H,24,29)/b16-14+. The van der Waals surface area contributed by atoms with Crippen molar-refractivity contribution in [2.75, 3.05) is 27.7 Å². The van der Waals surface area contributed by atoms with E-state index in [1.807, 2.05) is 67.5 Å². The van der Waals surface area contributed by atoms with Crippen molar-refractivity contribution in [2.45, 2.75) is 79.9 Å². The lowest BCUT2D eigenvalue weighted by atomic mass is 9.84. The van der Waals surface area contributed by atoms with Crippen LogP contribution in [-0.4, -0.2) is 73.0 Å². The molecule has 0 aromatic heterocycles. The number of likely N-dealkylation sites (N-methyl/N-ethyl adjacent to an activating group) is 2. The number of esters is 1. The van der Waals surface area contributed by atoms with Gasteiger partial charge in [0.05, 0.1) is 18.2 Å². The second-order valence-electron chi connectivity index (χ2n) is 9.98. The molecule has 0 bridgehead atoms. The lowest BCUT2D eigenvalue weighted by Gasteiger charge is -2.40. The Kier molecular flexibility index (Phi) is 10.2. The average Bonchev–Trinajstić information content (AvgIpc) is 2.61.